The molecule has 1 aromatic heterocycles. The summed E-state index contributed by atoms with van der Waals surface area (Å²) in [7, 11) is 1.89. The van der Waals surface area contributed by atoms with Gasteiger partial charge in [-0.3, -0.25) is 9.48 Å². The molecule has 4 N–H and O–H groups in total. The Kier molecular flexibility index (Phi) is 9.78. The number of aromatic nitrogens is 2. The van der Waals surface area contributed by atoms with Crippen molar-refractivity contribution in [3.63, 3.8) is 0 Å². The number of carbonyl (C=O) groups is 1. The zero-order valence-electron chi connectivity index (χ0n) is 17.4. The lowest BCUT2D eigenvalue weighted by Crippen LogP contribution is -2.26. The van der Waals surface area contributed by atoms with Gasteiger partial charge in [0, 0.05) is 29.9 Å². The molecule has 1 unspecified atom stereocenters. The Morgan fingerprint density at radius 1 is 1.41 bits per heavy atom. The maximum Gasteiger partial charge on any atom is 0.159 e. The summed E-state index contributed by atoms with van der Waals surface area (Å²) < 4.78 is 1.80. The summed E-state index contributed by atoms with van der Waals surface area (Å²) in [5.41, 5.74) is 13.8. The summed E-state index contributed by atoms with van der Waals surface area (Å²) in [4.78, 5) is 15.6. The minimum atomic E-state index is -0.318. The van der Waals surface area contributed by atoms with E-state index in [1.165, 1.54) is 12.4 Å². The molecule has 6 nitrogen and oxygen atoms in total. The Morgan fingerprint density at radius 2 is 1.96 bits per heavy atom. The highest BCUT2D eigenvalue weighted by Gasteiger charge is 2.33. The zero-order chi connectivity index (χ0) is 21.2. The Morgan fingerprint density at radius 3 is 2.37 bits per heavy atom. The molecule has 2 rings (SSSR count). The maximum absolute atomic E-state index is 11.5. The summed E-state index contributed by atoms with van der Waals surface area (Å²) in [5, 5.41) is 4.63. The van der Waals surface area contributed by atoms with Crippen molar-refractivity contribution in [2.45, 2.75) is 46.5 Å². The van der Waals surface area contributed by atoms with Crippen LogP contribution in [0, 0.1) is 6.92 Å². The predicted molar refractivity (Wildman–Crippen MR) is 114 cm³/mol. The number of allylic oxidation sites excluding steroid dienone is 4. The van der Waals surface area contributed by atoms with E-state index < -0.39 is 0 Å². The smallest absolute Gasteiger partial charge is 0.159 e. The highest BCUT2D eigenvalue weighted by Crippen LogP contribution is 2.35. The molecule has 1 aliphatic rings. The Balaban J connectivity index is 0.00000123. The van der Waals surface area contributed by atoms with Crippen molar-refractivity contribution in [2.75, 3.05) is 0 Å². The van der Waals surface area contributed by atoms with Gasteiger partial charge in [-0.15, -0.1) is 0 Å². The van der Waals surface area contributed by atoms with Gasteiger partial charge in [-0.25, -0.2) is 4.99 Å². The predicted octanol–water partition coefficient (Wildman–Crippen LogP) is 3.43. The third kappa shape index (κ3) is 5.81. The molecule has 0 amide bonds. The average molecular weight is 372 g/mol. The van der Waals surface area contributed by atoms with E-state index in [1.807, 2.05) is 46.0 Å². The van der Waals surface area contributed by atoms with Gasteiger partial charge in [0.1, 0.15) is 5.84 Å². The van der Waals surface area contributed by atoms with Crippen LogP contribution in [0.15, 0.2) is 54.4 Å². The molecule has 0 aromatic carbocycles. The molecule has 27 heavy (non-hydrogen) atoms. The molecule has 0 saturated carbocycles. The summed E-state index contributed by atoms with van der Waals surface area (Å²) in [6, 6.07) is 0. The molecule has 0 radical (unpaired) electrons. The zero-order valence-corrected chi connectivity index (χ0v) is 17.4. The number of ketones is 1. The standard InChI is InChI=1S/C17H22N4O.C2H5N.C2H6/c1-6-19-16(18)14-11(2)21(5)20-15(14)17(4)9-7-13(8-10-17)12(3)22;1-2-3;1-2/h6-9H,1,10H2,2-5H3,(H2,18,19);2H,1,3H2;1-2H3. The van der Waals surface area contributed by atoms with Crippen LogP contribution in [0.1, 0.15) is 51.1 Å². The van der Waals surface area contributed by atoms with Crippen LogP contribution in [-0.4, -0.2) is 21.4 Å². The Bertz CT molecular complexity index is 768. The number of carbonyl (C=O) groups excluding carboxylic acids is 1. The summed E-state index contributed by atoms with van der Waals surface area (Å²) >= 11 is 0. The number of rotatable bonds is 4. The van der Waals surface area contributed by atoms with Crippen molar-refractivity contribution >= 4 is 11.6 Å². The quantitative estimate of drug-likeness (QED) is 0.625. The van der Waals surface area contributed by atoms with E-state index in [1.54, 1.807) is 11.6 Å². The van der Waals surface area contributed by atoms with Crippen LogP contribution in [0.5, 0.6) is 0 Å². The monoisotopic (exact) mass is 371 g/mol. The van der Waals surface area contributed by atoms with Crippen molar-refractivity contribution < 1.29 is 4.79 Å². The van der Waals surface area contributed by atoms with E-state index in [2.05, 4.69) is 35.9 Å². The molecule has 148 valence electrons. The van der Waals surface area contributed by atoms with Gasteiger partial charge in [-0.2, -0.15) is 5.10 Å². The van der Waals surface area contributed by atoms with Gasteiger partial charge in [-0.05, 0) is 26.5 Å². The molecular weight excluding hydrogens is 338 g/mol. The number of aryl methyl sites for hydroxylation is 1. The van der Waals surface area contributed by atoms with Gasteiger partial charge in [0.2, 0.25) is 0 Å². The lowest BCUT2D eigenvalue weighted by Gasteiger charge is -2.27. The van der Waals surface area contributed by atoms with Gasteiger partial charge in [0.15, 0.2) is 5.78 Å². The maximum atomic E-state index is 11.5. The molecule has 6 heteroatoms. The second-order valence-electron chi connectivity index (χ2n) is 6.04. The van der Waals surface area contributed by atoms with Crippen LogP contribution < -0.4 is 11.5 Å². The lowest BCUT2D eigenvalue weighted by atomic mass is 9.77. The first-order chi connectivity index (χ1) is 12.7. The number of Topliss-reactive ketones (excluding diaryl/α,β-unsaturated/α-hetero) is 1. The first kappa shape index (κ1) is 24.1. The number of nitrogens with two attached hydrogens (primary N) is 2. The number of nitrogens with zero attached hydrogens (tertiary/aromatic N) is 3. The summed E-state index contributed by atoms with van der Waals surface area (Å²) in [6.07, 6.45) is 9.22. The van der Waals surface area contributed by atoms with E-state index in [4.69, 9.17) is 5.73 Å². The molecule has 0 aliphatic heterocycles. The molecule has 0 saturated heterocycles. The molecule has 0 bridgehead atoms. The second kappa shape index (κ2) is 11.0. The van der Waals surface area contributed by atoms with Crippen LogP contribution in [0.3, 0.4) is 0 Å². The largest absolute Gasteiger partial charge is 0.405 e. The minimum Gasteiger partial charge on any atom is -0.405 e. The van der Waals surface area contributed by atoms with E-state index in [9.17, 15) is 4.79 Å². The molecule has 1 atom stereocenters. The SMILES string of the molecule is C=CN.C=CN=C(N)c1c(C2(C)C=CC(C(C)=O)=CC2)nn(C)c1C.CC. The number of hydrogen-bond donors (Lipinski definition) is 2. The molecule has 0 spiro atoms. The number of amidine groups is 1. The fourth-order valence-corrected chi connectivity index (χ4v) is 2.65. The van der Waals surface area contributed by atoms with Crippen LogP contribution in [-0.2, 0) is 17.3 Å². The van der Waals surface area contributed by atoms with Crippen LogP contribution >= 0.6 is 0 Å². The van der Waals surface area contributed by atoms with Crippen molar-refractivity contribution in [3.8, 4) is 0 Å². The lowest BCUT2D eigenvalue weighted by molar-refractivity contribution is -0.113. The molecule has 1 heterocycles. The van der Waals surface area contributed by atoms with Gasteiger partial charge in [-0.1, -0.05) is 52.2 Å². The molecule has 1 aliphatic carbocycles. The van der Waals surface area contributed by atoms with Crippen molar-refractivity contribution in [1.29, 1.82) is 0 Å². The topological polar surface area (TPSA) is 99.3 Å². The molecular formula is C21H33N5O. The Hall–Kier alpha value is -2.89. The normalized spacial score (nSPS) is 18.3. The third-order valence-electron chi connectivity index (χ3n) is 4.14. The van der Waals surface area contributed by atoms with E-state index in [-0.39, 0.29) is 11.2 Å². The average Bonchev–Trinajstić information content (AvgIpc) is 2.94. The number of hydrogen-bond acceptors (Lipinski definition) is 4. The fourth-order valence-electron chi connectivity index (χ4n) is 2.65. The fraction of sp³-hybridized carbons (Fsp3) is 0.381. The van der Waals surface area contributed by atoms with Crippen molar-refractivity contribution in [1.82, 2.24) is 9.78 Å². The van der Waals surface area contributed by atoms with E-state index in [0.29, 0.717) is 12.3 Å². The second-order valence-corrected chi connectivity index (χ2v) is 6.04. The summed E-state index contributed by atoms with van der Waals surface area (Å²) in [6.45, 7) is 16.4. The van der Waals surface area contributed by atoms with Crippen LogP contribution in [0.25, 0.3) is 0 Å². The van der Waals surface area contributed by atoms with E-state index >= 15 is 0 Å². The van der Waals surface area contributed by atoms with Gasteiger partial charge < -0.3 is 11.5 Å². The van der Waals surface area contributed by atoms with Crippen LogP contribution in [0.4, 0.5) is 0 Å². The first-order valence-corrected chi connectivity index (χ1v) is 8.93. The van der Waals surface area contributed by atoms with Gasteiger partial charge in [0.05, 0.1) is 11.3 Å². The van der Waals surface area contributed by atoms with Gasteiger partial charge >= 0.3 is 0 Å². The van der Waals surface area contributed by atoms with Crippen LogP contribution in [0.2, 0.25) is 0 Å². The summed E-state index contributed by atoms with van der Waals surface area (Å²) in [5.74, 6) is 0.482. The number of aliphatic imine (C=N–C) groups is 1. The van der Waals surface area contributed by atoms with Crippen molar-refractivity contribution in [3.05, 3.63) is 66.3 Å². The Labute approximate surface area is 163 Å². The van der Waals surface area contributed by atoms with Gasteiger partial charge in [0.25, 0.3) is 0 Å². The van der Waals surface area contributed by atoms with Crippen molar-refractivity contribution in [2.24, 2.45) is 23.5 Å². The highest BCUT2D eigenvalue weighted by molar-refractivity contribution is 6.00. The molecule has 1 aromatic rings. The third-order valence-corrected chi connectivity index (χ3v) is 4.14. The molecule has 0 fully saturated rings. The first-order valence-electron chi connectivity index (χ1n) is 8.93. The van der Waals surface area contributed by atoms with E-state index in [0.717, 1.165) is 22.5 Å². The minimum absolute atomic E-state index is 0.0726. The highest BCUT2D eigenvalue weighted by atomic mass is 16.1.